The minimum absolute atomic E-state index is 0.254. The molecule has 1 saturated heterocycles. The third-order valence-corrected chi connectivity index (χ3v) is 4.45. The van der Waals surface area contributed by atoms with E-state index in [2.05, 4.69) is 32.6 Å². The fourth-order valence-corrected chi connectivity index (χ4v) is 2.88. The molecule has 0 bridgehead atoms. The molecule has 2 unspecified atom stereocenters. The summed E-state index contributed by atoms with van der Waals surface area (Å²) in [5, 5.41) is 0. The summed E-state index contributed by atoms with van der Waals surface area (Å²) < 4.78 is 0. The first-order chi connectivity index (χ1) is 8.97. The number of carbonyl (C=O) groups is 1. The van der Waals surface area contributed by atoms with Gasteiger partial charge in [-0.2, -0.15) is 0 Å². The summed E-state index contributed by atoms with van der Waals surface area (Å²) in [6.45, 7) is 10.3. The Hall–Kier alpha value is -1.15. The van der Waals surface area contributed by atoms with Crippen molar-refractivity contribution in [2.75, 3.05) is 13.1 Å². The van der Waals surface area contributed by atoms with Crippen LogP contribution in [-0.2, 0) is 0 Å². The lowest BCUT2D eigenvalue weighted by atomic mass is 9.93. The van der Waals surface area contributed by atoms with Crippen molar-refractivity contribution in [1.82, 2.24) is 4.90 Å². The minimum Gasteiger partial charge on any atom is -0.293 e. The highest BCUT2D eigenvalue weighted by Crippen LogP contribution is 2.22. The molecule has 0 amide bonds. The number of hydrogen-bond donors (Lipinski definition) is 0. The highest BCUT2D eigenvalue weighted by molar-refractivity contribution is 5.97. The highest BCUT2D eigenvalue weighted by atomic mass is 16.1. The van der Waals surface area contributed by atoms with Crippen molar-refractivity contribution in [2.24, 2.45) is 5.92 Å². The van der Waals surface area contributed by atoms with Gasteiger partial charge < -0.3 is 0 Å². The predicted molar refractivity (Wildman–Crippen MR) is 79.7 cm³/mol. The van der Waals surface area contributed by atoms with Gasteiger partial charge in [-0.15, -0.1) is 0 Å². The summed E-state index contributed by atoms with van der Waals surface area (Å²) in [7, 11) is 0. The molecular formula is C17H25NO. The molecule has 0 N–H and O–H groups in total. The van der Waals surface area contributed by atoms with E-state index in [4.69, 9.17) is 0 Å². The molecule has 1 aromatic rings. The van der Waals surface area contributed by atoms with Gasteiger partial charge in [-0.1, -0.05) is 19.1 Å². The molecule has 1 aromatic carbocycles. The largest absolute Gasteiger partial charge is 0.293 e. The zero-order chi connectivity index (χ0) is 14.0. The van der Waals surface area contributed by atoms with E-state index in [-0.39, 0.29) is 5.78 Å². The fourth-order valence-electron chi connectivity index (χ4n) is 2.88. The maximum atomic E-state index is 12.4. The number of likely N-dealkylation sites (tertiary alicyclic amines) is 1. The first-order valence-electron chi connectivity index (χ1n) is 7.32. The first kappa shape index (κ1) is 14.3. The van der Waals surface area contributed by atoms with Crippen LogP contribution in [0.15, 0.2) is 18.2 Å². The van der Waals surface area contributed by atoms with Gasteiger partial charge in [0.1, 0.15) is 0 Å². The lowest BCUT2D eigenvalue weighted by Crippen LogP contribution is -2.43. The summed E-state index contributed by atoms with van der Waals surface area (Å²) in [5.41, 5.74) is 3.30. The molecular weight excluding hydrogens is 234 g/mol. The third-order valence-electron chi connectivity index (χ3n) is 4.45. The Morgan fingerprint density at radius 3 is 2.63 bits per heavy atom. The van der Waals surface area contributed by atoms with Crippen LogP contribution < -0.4 is 0 Å². The standard InChI is InChI=1S/C17H25NO/c1-12-7-8-18(15(4)9-12)11-17(19)16-6-5-13(2)14(3)10-16/h5-6,10,12,15H,7-9,11H2,1-4H3. The number of nitrogens with zero attached hydrogens (tertiary/aromatic N) is 1. The average Bonchev–Trinajstić information content (AvgIpc) is 2.36. The summed E-state index contributed by atoms with van der Waals surface area (Å²) in [6, 6.07) is 6.56. The monoisotopic (exact) mass is 259 g/mol. The number of carbonyl (C=O) groups excluding carboxylic acids is 1. The van der Waals surface area contributed by atoms with Crippen LogP contribution in [0.25, 0.3) is 0 Å². The van der Waals surface area contributed by atoms with Crippen LogP contribution in [0.3, 0.4) is 0 Å². The maximum Gasteiger partial charge on any atom is 0.176 e. The van der Waals surface area contributed by atoms with Crippen molar-refractivity contribution >= 4 is 5.78 Å². The Bertz CT molecular complexity index is 466. The second kappa shape index (κ2) is 5.87. The van der Waals surface area contributed by atoms with Gasteiger partial charge in [0.15, 0.2) is 5.78 Å². The molecule has 1 aliphatic heterocycles. The minimum atomic E-state index is 0.254. The zero-order valence-corrected chi connectivity index (χ0v) is 12.6. The van der Waals surface area contributed by atoms with Gasteiger partial charge in [-0.25, -0.2) is 0 Å². The number of piperidine rings is 1. The van der Waals surface area contributed by atoms with Crippen molar-refractivity contribution in [3.05, 3.63) is 34.9 Å². The smallest absolute Gasteiger partial charge is 0.176 e. The lowest BCUT2D eigenvalue weighted by Gasteiger charge is -2.36. The Labute approximate surface area is 116 Å². The number of rotatable bonds is 3. The number of benzene rings is 1. The molecule has 1 heterocycles. The molecule has 2 nitrogen and oxygen atoms in total. The van der Waals surface area contributed by atoms with Gasteiger partial charge in [-0.05, 0) is 63.3 Å². The Kier molecular flexibility index (Phi) is 4.41. The van der Waals surface area contributed by atoms with Crippen molar-refractivity contribution in [3.8, 4) is 0 Å². The molecule has 2 heteroatoms. The van der Waals surface area contributed by atoms with Crippen LogP contribution in [-0.4, -0.2) is 29.8 Å². The Balaban J connectivity index is 2.02. The van der Waals surface area contributed by atoms with E-state index in [1.165, 1.54) is 24.0 Å². The second-order valence-corrected chi connectivity index (χ2v) is 6.17. The molecule has 0 spiro atoms. The van der Waals surface area contributed by atoms with Gasteiger partial charge >= 0.3 is 0 Å². The molecule has 0 radical (unpaired) electrons. The summed E-state index contributed by atoms with van der Waals surface area (Å²) in [6.07, 6.45) is 2.42. The van der Waals surface area contributed by atoms with E-state index in [9.17, 15) is 4.79 Å². The molecule has 19 heavy (non-hydrogen) atoms. The van der Waals surface area contributed by atoms with Crippen molar-refractivity contribution in [3.63, 3.8) is 0 Å². The van der Waals surface area contributed by atoms with Crippen LogP contribution in [0.1, 0.15) is 48.2 Å². The summed E-state index contributed by atoms with van der Waals surface area (Å²) >= 11 is 0. The van der Waals surface area contributed by atoms with Gasteiger partial charge in [0, 0.05) is 11.6 Å². The molecule has 104 valence electrons. The van der Waals surface area contributed by atoms with E-state index >= 15 is 0 Å². The average molecular weight is 259 g/mol. The SMILES string of the molecule is Cc1ccc(C(=O)CN2CCC(C)CC2C)cc1C. The van der Waals surface area contributed by atoms with Crippen molar-refractivity contribution in [1.29, 1.82) is 0 Å². The van der Waals surface area contributed by atoms with E-state index in [0.29, 0.717) is 12.6 Å². The number of aryl methyl sites for hydroxylation is 2. The van der Waals surface area contributed by atoms with Crippen LogP contribution >= 0.6 is 0 Å². The Morgan fingerprint density at radius 2 is 2.00 bits per heavy atom. The summed E-state index contributed by atoms with van der Waals surface area (Å²) in [4.78, 5) is 14.7. The molecule has 2 rings (SSSR count). The fraction of sp³-hybridized carbons (Fsp3) is 0.588. The van der Waals surface area contributed by atoms with E-state index in [1.807, 2.05) is 18.2 Å². The second-order valence-electron chi connectivity index (χ2n) is 6.17. The van der Waals surface area contributed by atoms with Gasteiger partial charge in [0.2, 0.25) is 0 Å². The van der Waals surface area contributed by atoms with E-state index in [0.717, 1.165) is 18.0 Å². The van der Waals surface area contributed by atoms with E-state index in [1.54, 1.807) is 0 Å². The first-order valence-corrected chi connectivity index (χ1v) is 7.32. The van der Waals surface area contributed by atoms with Gasteiger partial charge in [0.05, 0.1) is 6.54 Å². The quantitative estimate of drug-likeness (QED) is 0.773. The van der Waals surface area contributed by atoms with Crippen molar-refractivity contribution < 1.29 is 4.79 Å². The zero-order valence-electron chi connectivity index (χ0n) is 12.6. The third kappa shape index (κ3) is 3.44. The molecule has 0 aromatic heterocycles. The molecule has 0 aliphatic carbocycles. The van der Waals surface area contributed by atoms with Gasteiger partial charge in [0.25, 0.3) is 0 Å². The topological polar surface area (TPSA) is 20.3 Å². The number of ketones is 1. The highest BCUT2D eigenvalue weighted by Gasteiger charge is 2.24. The normalized spacial score (nSPS) is 24.4. The molecule has 1 fully saturated rings. The predicted octanol–water partition coefficient (Wildman–Crippen LogP) is 3.61. The molecule has 2 atom stereocenters. The lowest BCUT2D eigenvalue weighted by molar-refractivity contribution is 0.0816. The Morgan fingerprint density at radius 1 is 1.26 bits per heavy atom. The summed E-state index contributed by atoms with van der Waals surface area (Å²) in [5.74, 6) is 1.05. The van der Waals surface area contributed by atoms with Gasteiger partial charge in [-0.3, -0.25) is 9.69 Å². The number of hydrogen-bond acceptors (Lipinski definition) is 2. The molecule has 1 aliphatic rings. The molecule has 0 saturated carbocycles. The van der Waals surface area contributed by atoms with E-state index < -0.39 is 0 Å². The maximum absolute atomic E-state index is 12.4. The van der Waals surface area contributed by atoms with Crippen LogP contribution in [0.2, 0.25) is 0 Å². The van der Waals surface area contributed by atoms with Crippen LogP contribution in [0.4, 0.5) is 0 Å². The van der Waals surface area contributed by atoms with Crippen LogP contribution in [0.5, 0.6) is 0 Å². The van der Waals surface area contributed by atoms with Crippen molar-refractivity contribution in [2.45, 2.75) is 46.6 Å². The van der Waals surface area contributed by atoms with Crippen LogP contribution in [0, 0.1) is 19.8 Å². The number of Topliss-reactive ketones (excluding diaryl/α,β-unsaturated/α-hetero) is 1.